The van der Waals surface area contributed by atoms with Gasteiger partial charge in [-0.25, -0.2) is 0 Å². The first kappa shape index (κ1) is 11.2. The van der Waals surface area contributed by atoms with Crippen molar-refractivity contribution in [3.63, 3.8) is 0 Å². The van der Waals surface area contributed by atoms with E-state index < -0.39 is 12.0 Å². The Kier molecular flexibility index (Phi) is 2.68. The molecule has 0 spiro atoms. The van der Waals surface area contributed by atoms with Crippen molar-refractivity contribution in [1.82, 2.24) is 4.90 Å². The van der Waals surface area contributed by atoms with Gasteiger partial charge in [0, 0.05) is 19.6 Å². The SMILES string of the molecule is OC1(C2CC2)CN(CCOC(F)(F)F)C1. The molecule has 1 heterocycles. The van der Waals surface area contributed by atoms with Crippen LogP contribution in [0.3, 0.4) is 0 Å². The first-order valence-corrected chi connectivity index (χ1v) is 5.04. The van der Waals surface area contributed by atoms with Gasteiger partial charge >= 0.3 is 6.36 Å². The van der Waals surface area contributed by atoms with Crippen LogP contribution in [0.5, 0.6) is 0 Å². The lowest BCUT2D eigenvalue weighted by molar-refractivity contribution is -0.326. The lowest BCUT2D eigenvalue weighted by Gasteiger charge is -2.47. The molecule has 2 fully saturated rings. The Bertz CT molecular complexity index is 234. The van der Waals surface area contributed by atoms with Crippen molar-refractivity contribution in [2.75, 3.05) is 26.2 Å². The minimum Gasteiger partial charge on any atom is -0.387 e. The van der Waals surface area contributed by atoms with Gasteiger partial charge in [0.05, 0.1) is 12.2 Å². The summed E-state index contributed by atoms with van der Waals surface area (Å²) >= 11 is 0. The van der Waals surface area contributed by atoms with Crippen molar-refractivity contribution in [3.05, 3.63) is 0 Å². The van der Waals surface area contributed by atoms with Crippen molar-refractivity contribution in [3.8, 4) is 0 Å². The summed E-state index contributed by atoms with van der Waals surface area (Å²) in [6.45, 7) is 0.844. The third-order valence-corrected chi connectivity index (χ3v) is 3.01. The van der Waals surface area contributed by atoms with Crippen molar-refractivity contribution in [1.29, 1.82) is 0 Å². The molecule has 0 bridgehead atoms. The molecule has 15 heavy (non-hydrogen) atoms. The molecule has 0 amide bonds. The standard InChI is InChI=1S/C9H14F3NO2/c10-9(11,12)15-4-3-13-5-8(14,6-13)7-1-2-7/h7,14H,1-6H2. The van der Waals surface area contributed by atoms with E-state index in [4.69, 9.17) is 0 Å². The second kappa shape index (κ2) is 3.61. The summed E-state index contributed by atoms with van der Waals surface area (Å²) < 4.78 is 38.5. The monoisotopic (exact) mass is 225 g/mol. The zero-order valence-electron chi connectivity index (χ0n) is 8.26. The number of ether oxygens (including phenoxy) is 1. The fourth-order valence-corrected chi connectivity index (χ4v) is 2.06. The van der Waals surface area contributed by atoms with E-state index in [1.165, 1.54) is 0 Å². The Morgan fingerprint density at radius 1 is 1.33 bits per heavy atom. The Morgan fingerprint density at radius 2 is 1.93 bits per heavy atom. The van der Waals surface area contributed by atoms with E-state index in [2.05, 4.69) is 4.74 Å². The van der Waals surface area contributed by atoms with E-state index >= 15 is 0 Å². The van der Waals surface area contributed by atoms with Gasteiger partial charge in [-0.1, -0.05) is 0 Å². The number of aliphatic hydroxyl groups is 1. The molecule has 2 aliphatic rings. The smallest absolute Gasteiger partial charge is 0.387 e. The van der Waals surface area contributed by atoms with Crippen LogP contribution in [0.25, 0.3) is 0 Å². The van der Waals surface area contributed by atoms with Crippen LogP contribution in [0.1, 0.15) is 12.8 Å². The molecule has 0 aromatic carbocycles. The number of hydrogen-bond acceptors (Lipinski definition) is 3. The molecule has 1 aliphatic carbocycles. The van der Waals surface area contributed by atoms with Crippen LogP contribution in [-0.4, -0.2) is 48.2 Å². The molecule has 0 atom stereocenters. The highest BCUT2D eigenvalue weighted by Crippen LogP contribution is 2.44. The molecule has 1 saturated heterocycles. The summed E-state index contributed by atoms with van der Waals surface area (Å²) in [7, 11) is 0. The summed E-state index contributed by atoms with van der Waals surface area (Å²) in [6.07, 6.45) is -2.45. The quantitative estimate of drug-likeness (QED) is 0.774. The number of rotatable bonds is 4. The van der Waals surface area contributed by atoms with Gasteiger partial charge in [0.25, 0.3) is 0 Å². The molecule has 1 saturated carbocycles. The Balaban J connectivity index is 1.59. The Labute approximate surface area is 85.8 Å². The third kappa shape index (κ3) is 2.83. The van der Waals surface area contributed by atoms with Gasteiger partial charge in [-0.05, 0) is 18.8 Å². The largest absolute Gasteiger partial charge is 0.522 e. The number of halogens is 3. The molecule has 1 N–H and O–H groups in total. The third-order valence-electron chi connectivity index (χ3n) is 3.01. The molecule has 2 rings (SSSR count). The highest BCUT2D eigenvalue weighted by molar-refractivity contribution is 5.05. The summed E-state index contributed by atoms with van der Waals surface area (Å²) in [6, 6.07) is 0. The highest BCUT2D eigenvalue weighted by Gasteiger charge is 2.51. The van der Waals surface area contributed by atoms with E-state index in [9.17, 15) is 18.3 Å². The zero-order chi connectivity index (χ0) is 11.1. The van der Waals surface area contributed by atoms with Crippen LogP contribution in [0.15, 0.2) is 0 Å². The van der Waals surface area contributed by atoms with E-state index in [1.807, 2.05) is 0 Å². The number of alkyl halides is 3. The summed E-state index contributed by atoms with van der Waals surface area (Å²) in [4.78, 5) is 1.78. The summed E-state index contributed by atoms with van der Waals surface area (Å²) in [5.41, 5.74) is -0.627. The van der Waals surface area contributed by atoms with Crippen molar-refractivity contribution in [2.24, 2.45) is 5.92 Å². The molecule has 6 heteroatoms. The van der Waals surface area contributed by atoms with Crippen LogP contribution in [0.2, 0.25) is 0 Å². The van der Waals surface area contributed by atoms with Gasteiger partial charge in [0.2, 0.25) is 0 Å². The normalized spacial score (nSPS) is 26.4. The number of likely N-dealkylation sites (tertiary alicyclic amines) is 1. The average Bonchev–Trinajstić information content (AvgIpc) is 2.80. The lowest BCUT2D eigenvalue weighted by Crippen LogP contribution is -2.63. The molecule has 0 aromatic heterocycles. The van der Waals surface area contributed by atoms with Crippen molar-refractivity contribution < 1.29 is 23.0 Å². The molecular weight excluding hydrogens is 211 g/mol. The predicted molar refractivity (Wildman–Crippen MR) is 46.1 cm³/mol. The van der Waals surface area contributed by atoms with Crippen LogP contribution in [0, 0.1) is 5.92 Å². The first-order chi connectivity index (χ1) is 6.89. The average molecular weight is 225 g/mol. The zero-order valence-corrected chi connectivity index (χ0v) is 8.26. The second-order valence-corrected chi connectivity index (χ2v) is 4.38. The maximum Gasteiger partial charge on any atom is 0.522 e. The van der Waals surface area contributed by atoms with Crippen molar-refractivity contribution in [2.45, 2.75) is 24.8 Å². The van der Waals surface area contributed by atoms with E-state index in [0.29, 0.717) is 19.0 Å². The van der Waals surface area contributed by atoms with Crippen molar-refractivity contribution >= 4 is 0 Å². The highest BCUT2D eigenvalue weighted by atomic mass is 19.4. The lowest BCUT2D eigenvalue weighted by atomic mass is 9.89. The van der Waals surface area contributed by atoms with Crippen LogP contribution in [-0.2, 0) is 4.74 Å². The maximum atomic E-state index is 11.6. The first-order valence-electron chi connectivity index (χ1n) is 5.04. The molecule has 0 aromatic rings. The number of nitrogens with zero attached hydrogens (tertiary/aromatic N) is 1. The topological polar surface area (TPSA) is 32.7 Å². The second-order valence-electron chi connectivity index (χ2n) is 4.38. The molecule has 1 aliphatic heterocycles. The minimum absolute atomic E-state index is 0.231. The van der Waals surface area contributed by atoms with E-state index in [1.54, 1.807) is 4.90 Å². The molecule has 0 radical (unpaired) electrons. The van der Waals surface area contributed by atoms with Gasteiger partial charge < -0.3 is 5.11 Å². The minimum atomic E-state index is -4.54. The maximum absolute atomic E-state index is 11.6. The van der Waals surface area contributed by atoms with E-state index in [0.717, 1.165) is 12.8 Å². The number of hydrogen-bond donors (Lipinski definition) is 1. The molecular formula is C9H14F3NO2. The van der Waals surface area contributed by atoms with Crippen LogP contribution >= 0.6 is 0 Å². The fraction of sp³-hybridized carbons (Fsp3) is 1.00. The van der Waals surface area contributed by atoms with Gasteiger partial charge in [0.15, 0.2) is 0 Å². The van der Waals surface area contributed by atoms with Crippen LogP contribution in [0.4, 0.5) is 13.2 Å². The van der Waals surface area contributed by atoms with Gasteiger partial charge in [0.1, 0.15) is 0 Å². The van der Waals surface area contributed by atoms with E-state index in [-0.39, 0.29) is 13.2 Å². The molecule has 88 valence electrons. The molecule has 0 unspecified atom stereocenters. The Morgan fingerprint density at radius 3 is 2.40 bits per heavy atom. The summed E-state index contributed by atoms with van der Waals surface area (Å²) in [5, 5.41) is 9.87. The van der Waals surface area contributed by atoms with Crippen LogP contribution < -0.4 is 0 Å². The molecule has 3 nitrogen and oxygen atoms in total. The van der Waals surface area contributed by atoms with Gasteiger partial charge in [-0.3, -0.25) is 9.64 Å². The van der Waals surface area contributed by atoms with Gasteiger partial charge in [-0.2, -0.15) is 0 Å². The Hall–Kier alpha value is -0.330. The predicted octanol–water partition coefficient (Wildman–Crippen LogP) is 0.980. The fourth-order valence-electron chi connectivity index (χ4n) is 2.06. The van der Waals surface area contributed by atoms with Gasteiger partial charge in [-0.15, -0.1) is 13.2 Å². The summed E-state index contributed by atoms with van der Waals surface area (Å²) in [5.74, 6) is 0.372. The number of β-amino-alcohol motifs (C(OH)–C–C–N with tert-alkyl or cyclic N) is 1.